The molecule has 3 N–H and O–H groups in total. The van der Waals surface area contributed by atoms with Gasteiger partial charge >= 0.3 is 0 Å². The minimum Gasteiger partial charge on any atom is -0.505 e. The molecule has 1 amide bonds. The fraction of sp³-hybridized carbons (Fsp3) is 0.0833. The van der Waals surface area contributed by atoms with Crippen LogP contribution in [0.1, 0.15) is 33.6 Å². The van der Waals surface area contributed by atoms with Crippen molar-refractivity contribution in [3.8, 4) is 5.75 Å². The number of nitrogens with zero attached hydrogens (tertiary/aromatic N) is 1. The summed E-state index contributed by atoms with van der Waals surface area (Å²) in [4.78, 5) is 17.2. The molecule has 0 bridgehead atoms. The number of carbonyl (C=O) groups is 1. The smallest absolute Gasteiger partial charge is 0.255 e. The molecule has 2 atom stereocenters. The van der Waals surface area contributed by atoms with E-state index in [2.05, 4.69) is 10.3 Å². The molecule has 0 fully saturated rings. The number of aromatic hydroxyl groups is 1. The second kappa shape index (κ2) is 8.12. The van der Waals surface area contributed by atoms with E-state index in [1.54, 1.807) is 24.4 Å². The van der Waals surface area contributed by atoms with Crippen LogP contribution in [0.15, 0.2) is 91.1 Å². The summed E-state index contributed by atoms with van der Waals surface area (Å²) < 4.78 is 0. The molecule has 1 heterocycles. The van der Waals surface area contributed by atoms with Gasteiger partial charge in [0.05, 0.1) is 11.6 Å². The van der Waals surface area contributed by atoms with Crippen molar-refractivity contribution in [2.45, 2.75) is 12.1 Å². The Morgan fingerprint density at radius 3 is 2.17 bits per heavy atom. The van der Waals surface area contributed by atoms with Crippen molar-refractivity contribution in [1.82, 2.24) is 10.3 Å². The van der Waals surface area contributed by atoms with Gasteiger partial charge in [-0.2, -0.15) is 0 Å². The van der Waals surface area contributed by atoms with E-state index in [9.17, 15) is 15.0 Å². The predicted octanol–water partition coefficient (Wildman–Crippen LogP) is 4.15. The molecule has 29 heavy (non-hydrogen) atoms. The van der Waals surface area contributed by atoms with E-state index in [0.29, 0.717) is 11.1 Å². The van der Waals surface area contributed by atoms with Crippen LogP contribution in [0.4, 0.5) is 0 Å². The molecule has 3 aromatic carbocycles. The largest absolute Gasteiger partial charge is 0.505 e. The molecule has 0 spiro atoms. The highest BCUT2D eigenvalue weighted by atomic mass is 16.3. The van der Waals surface area contributed by atoms with E-state index in [4.69, 9.17) is 0 Å². The molecule has 0 saturated heterocycles. The molecule has 144 valence electrons. The molecule has 5 heteroatoms. The molecular weight excluding hydrogens is 364 g/mol. The van der Waals surface area contributed by atoms with Crippen molar-refractivity contribution in [3.63, 3.8) is 0 Å². The number of phenolic OH excluding ortho intramolecular Hbond substituents is 1. The Bertz CT molecular complexity index is 1130. The molecule has 0 aliphatic carbocycles. The number of phenols is 1. The minimum absolute atomic E-state index is 0.109. The third kappa shape index (κ3) is 3.81. The van der Waals surface area contributed by atoms with Gasteiger partial charge in [-0.25, -0.2) is 0 Å². The summed E-state index contributed by atoms with van der Waals surface area (Å²) in [5.41, 5.74) is 1.92. The number of nitrogens with one attached hydrogen (secondary N) is 1. The van der Waals surface area contributed by atoms with Crippen LogP contribution in [0, 0.1) is 0 Å². The molecule has 4 rings (SSSR count). The maximum absolute atomic E-state index is 13.0. The van der Waals surface area contributed by atoms with E-state index in [1.165, 1.54) is 0 Å². The molecule has 2 unspecified atom stereocenters. The number of aliphatic hydroxyl groups excluding tert-OH is 1. The standard InChI is InChI=1S/C24H20N2O3/c27-22(18-10-5-2-6-11-18)21(16-8-3-1-4-9-16)26-24(29)19-14-13-17-12-7-15-25-20(17)23(19)28/h1-15,21-22,27-28H,(H,26,29). The highest BCUT2D eigenvalue weighted by Gasteiger charge is 2.26. The Hall–Kier alpha value is -3.70. The zero-order valence-electron chi connectivity index (χ0n) is 15.6. The van der Waals surface area contributed by atoms with Crippen molar-refractivity contribution < 1.29 is 15.0 Å². The fourth-order valence-electron chi connectivity index (χ4n) is 3.38. The Labute approximate surface area is 168 Å². The van der Waals surface area contributed by atoms with Crippen LogP contribution in [0.2, 0.25) is 0 Å². The average molecular weight is 384 g/mol. The number of rotatable bonds is 5. The van der Waals surface area contributed by atoms with Gasteiger partial charge in [0.1, 0.15) is 11.6 Å². The second-order valence-electron chi connectivity index (χ2n) is 6.75. The Morgan fingerprint density at radius 1 is 0.828 bits per heavy atom. The number of pyridine rings is 1. The maximum atomic E-state index is 13.0. The van der Waals surface area contributed by atoms with E-state index in [1.807, 2.05) is 66.7 Å². The molecule has 0 aliphatic heterocycles. The second-order valence-corrected chi connectivity index (χ2v) is 6.75. The summed E-state index contributed by atoms with van der Waals surface area (Å²) in [5.74, 6) is -0.666. The van der Waals surface area contributed by atoms with Gasteiger partial charge in [0, 0.05) is 11.6 Å². The first-order valence-corrected chi connectivity index (χ1v) is 9.30. The van der Waals surface area contributed by atoms with Gasteiger partial charge in [-0.05, 0) is 23.3 Å². The lowest BCUT2D eigenvalue weighted by atomic mass is 9.95. The lowest BCUT2D eigenvalue weighted by molar-refractivity contribution is 0.0829. The maximum Gasteiger partial charge on any atom is 0.255 e. The lowest BCUT2D eigenvalue weighted by Crippen LogP contribution is -2.32. The van der Waals surface area contributed by atoms with Crippen LogP contribution in [-0.2, 0) is 0 Å². The van der Waals surface area contributed by atoms with E-state index < -0.39 is 18.1 Å². The minimum atomic E-state index is -0.955. The van der Waals surface area contributed by atoms with Gasteiger partial charge in [0.2, 0.25) is 0 Å². The SMILES string of the molecule is O=C(NC(c1ccccc1)C(O)c1ccccc1)c1ccc2cccnc2c1O. The summed E-state index contributed by atoms with van der Waals surface area (Å²) in [7, 11) is 0. The van der Waals surface area contributed by atoms with E-state index >= 15 is 0 Å². The fourth-order valence-corrected chi connectivity index (χ4v) is 3.38. The average Bonchev–Trinajstić information content (AvgIpc) is 2.78. The molecule has 0 aliphatic rings. The van der Waals surface area contributed by atoms with Gasteiger partial charge in [-0.1, -0.05) is 72.8 Å². The molecule has 0 saturated carbocycles. The zero-order chi connectivity index (χ0) is 20.2. The third-order valence-corrected chi connectivity index (χ3v) is 4.89. The summed E-state index contributed by atoms with van der Waals surface area (Å²) in [5, 5.41) is 25.2. The van der Waals surface area contributed by atoms with E-state index in [0.717, 1.165) is 10.9 Å². The Kier molecular flexibility index (Phi) is 5.22. The van der Waals surface area contributed by atoms with Gasteiger partial charge < -0.3 is 15.5 Å². The van der Waals surface area contributed by atoms with Crippen molar-refractivity contribution >= 4 is 16.8 Å². The molecule has 1 aromatic heterocycles. The first kappa shape index (κ1) is 18.7. The number of amides is 1. The highest BCUT2D eigenvalue weighted by Crippen LogP contribution is 2.31. The van der Waals surface area contributed by atoms with E-state index in [-0.39, 0.29) is 11.3 Å². The zero-order valence-corrected chi connectivity index (χ0v) is 15.6. The van der Waals surface area contributed by atoms with Crippen molar-refractivity contribution in [2.24, 2.45) is 0 Å². The summed E-state index contributed by atoms with van der Waals surface area (Å²) in [6.07, 6.45) is 0.610. The predicted molar refractivity (Wildman–Crippen MR) is 111 cm³/mol. The summed E-state index contributed by atoms with van der Waals surface area (Å²) >= 11 is 0. The number of aromatic nitrogens is 1. The molecule has 4 aromatic rings. The molecule has 5 nitrogen and oxygen atoms in total. The van der Waals surface area contributed by atoms with Crippen molar-refractivity contribution in [3.05, 3.63) is 108 Å². The first-order valence-electron chi connectivity index (χ1n) is 9.30. The first-order chi connectivity index (χ1) is 14.1. The normalized spacial score (nSPS) is 13.0. The highest BCUT2D eigenvalue weighted by molar-refractivity contribution is 6.02. The van der Waals surface area contributed by atoms with Crippen LogP contribution >= 0.6 is 0 Å². The quantitative estimate of drug-likeness (QED) is 0.483. The lowest BCUT2D eigenvalue weighted by Gasteiger charge is -2.25. The number of benzene rings is 3. The van der Waals surface area contributed by atoms with Gasteiger partial charge in [-0.15, -0.1) is 0 Å². The number of aliphatic hydroxyl groups is 1. The number of carbonyl (C=O) groups excluding carboxylic acids is 1. The van der Waals surface area contributed by atoms with Crippen molar-refractivity contribution in [1.29, 1.82) is 0 Å². The summed E-state index contributed by atoms with van der Waals surface area (Å²) in [6, 6.07) is 24.6. The number of fused-ring (bicyclic) bond motifs is 1. The van der Waals surface area contributed by atoms with Crippen molar-refractivity contribution in [2.75, 3.05) is 0 Å². The van der Waals surface area contributed by atoms with Crippen LogP contribution < -0.4 is 5.32 Å². The molecular formula is C24H20N2O3. The molecule has 0 radical (unpaired) electrons. The van der Waals surface area contributed by atoms with Gasteiger partial charge in [-0.3, -0.25) is 9.78 Å². The third-order valence-electron chi connectivity index (χ3n) is 4.89. The monoisotopic (exact) mass is 384 g/mol. The number of hydrogen-bond donors (Lipinski definition) is 3. The topological polar surface area (TPSA) is 82.5 Å². The van der Waals surface area contributed by atoms with Gasteiger partial charge in [0.25, 0.3) is 5.91 Å². The van der Waals surface area contributed by atoms with Crippen LogP contribution in [0.25, 0.3) is 10.9 Å². The van der Waals surface area contributed by atoms with Crippen LogP contribution in [0.5, 0.6) is 5.75 Å². The van der Waals surface area contributed by atoms with Gasteiger partial charge in [0.15, 0.2) is 5.75 Å². The van der Waals surface area contributed by atoms with Crippen LogP contribution in [-0.4, -0.2) is 21.1 Å². The Balaban J connectivity index is 1.69. The number of hydrogen-bond acceptors (Lipinski definition) is 4. The Morgan fingerprint density at radius 2 is 1.48 bits per heavy atom. The summed E-state index contributed by atoms with van der Waals surface area (Å²) in [6.45, 7) is 0. The van der Waals surface area contributed by atoms with Crippen LogP contribution in [0.3, 0.4) is 0 Å².